The number of benzene rings is 2. The zero-order chi connectivity index (χ0) is 16.4. The van der Waals surface area contributed by atoms with Crippen LogP contribution in [0.3, 0.4) is 0 Å². The molecular weight excluding hydrogens is 297 g/mol. The SMILES string of the molecule is CCOC(=O)c1ccc(-n2ccc3ccc(C=O)cc32)c(F)c1. The molecule has 0 bridgehead atoms. The zero-order valence-electron chi connectivity index (χ0n) is 12.5. The first-order valence-electron chi connectivity index (χ1n) is 7.17. The van der Waals surface area contributed by atoms with Crippen molar-refractivity contribution >= 4 is 23.2 Å². The van der Waals surface area contributed by atoms with E-state index in [9.17, 15) is 14.0 Å². The van der Waals surface area contributed by atoms with Gasteiger partial charge in [-0.3, -0.25) is 4.79 Å². The molecule has 1 heterocycles. The Hall–Kier alpha value is -2.95. The average Bonchev–Trinajstić information content (AvgIpc) is 2.97. The van der Waals surface area contributed by atoms with Crippen LogP contribution in [0.5, 0.6) is 0 Å². The van der Waals surface area contributed by atoms with E-state index >= 15 is 0 Å². The summed E-state index contributed by atoms with van der Waals surface area (Å²) in [4.78, 5) is 22.6. The smallest absolute Gasteiger partial charge is 0.338 e. The normalized spacial score (nSPS) is 10.7. The molecule has 0 N–H and O–H groups in total. The van der Waals surface area contributed by atoms with Crippen LogP contribution in [-0.2, 0) is 4.74 Å². The van der Waals surface area contributed by atoms with E-state index < -0.39 is 11.8 Å². The number of halogens is 1. The molecule has 0 atom stereocenters. The van der Waals surface area contributed by atoms with E-state index in [1.165, 1.54) is 12.1 Å². The maximum Gasteiger partial charge on any atom is 0.338 e. The van der Waals surface area contributed by atoms with E-state index in [2.05, 4.69) is 0 Å². The van der Waals surface area contributed by atoms with Gasteiger partial charge in [-0.05, 0) is 42.6 Å². The lowest BCUT2D eigenvalue weighted by Crippen LogP contribution is -2.06. The summed E-state index contributed by atoms with van der Waals surface area (Å²) < 4.78 is 20.9. The molecule has 0 aliphatic carbocycles. The van der Waals surface area contributed by atoms with Crippen molar-refractivity contribution in [3.8, 4) is 5.69 Å². The van der Waals surface area contributed by atoms with Gasteiger partial charge in [-0.2, -0.15) is 0 Å². The Morgan fingerprint density at radius 3 is 2.74 bits per heavy atom. The monoisotopic (exact) mass is 311 g/mol. The van der Waals surface area contributed by atoms with Gasteiger partial charge in [0.1, 0.15) is 12.1 Å². The second kappa shape index (κ2) is 6.04. The lowest BCUT2D eigenvalue weighted by atomic mass is 10.1. The number of hydrogen-bond donors (Lipinski definition) is 0. The minimum absolute atomic E-state index is 0.165. The molecule has 0 unspecified atom stereocenters. The largest absolute Gasteiger partial charge is 0.462 e. The van der Waals surface area contributed by atoms with Crippen LogP contribution in [0.2, 0.25) is 0 Å². The first kappa shape index (κ1) is 15.0. The van der Waals surface area contributed by atoms with Gasteiger partial charge < -0.3 is 9.30 Å². The molecule has 3 rings (SSSR count). The third-order valence-corrected chi connectivity index (χ3v) is 3.57. The highest BCUT2D eigenvalue weighted by Crippen LogP contribution is 2.24. The van der Waals surface area contributed by atoms with Gasteiger partial charge in [0.05, 0.1) is 23.4 Å². The van der Waals surface area contributed by atoms with Crippen LogP contribution in [0.15, 0.2) is 48.7 Å². The Balaban J connectivity index is 2.08. The fourth-order valence-electron chi connectivity index (χ4n) is 2.47. The van der Waals surface area contributed by atoms with Crippen molar-refractivity contribution in [2.45, 2.75) is 6.92 Å². The topological polar surface area (TPSA) is 48.3 Å². The highest BCUT2D eigenvalue weighted by atomic mass is 19.1. The fraction of sp³-hybridized carbons (Fsp3) is 0.111. The van der Waals surface area contributed by atoms with E-state index in [1.807, 2.05) is 6.07 Å². The molecule has 5 heteroatoms. The van der Waals surface area contributed by atoms with Crippen molar-refractivity contribution in [2.75, 3.05) is 6.61 Å². The minimum Gasteiger partial charge on any atom is -0.462 e. The van der Waals surface area contributed by atoms with Crippen LogP contribution in [0.25, 0.3) is 16.6 Å². The van der Waals surface area contributed by atoms with Gasteiger partial charge in [0.15, 0.2) is 0 Å². The summed E-state index contributed by atoms with van der Waals surface area (Å²) in [6.07, 6.45) is 2.47. The van der Waals surface area contributed by atoms with Crippen LogP contribution in [-0.4, -0.2) is 23.4 Å². The summed E-state index contributed by atoms with van der Waals surface area (Å²) >= 11 is 0. The Kier molecular flexibility index (Phi) is 3.93. The lowest BCUT2D eigenvalue weighted by Gasteiger charge is -2.09. The molecule has 2 aromatic carbocycles. The molecule has 1 aromatic heterocycles. The average molecular weight is 311 g/mol. The molecule has 0 amide bonds. The molecule has 4 nitrogen and oxygen atoms in total. The zero-order valence-corrected chi connectivity index (χ0v) is 12.5. The number of esters is 1. The molecule has 23 heavy (non-hydrogen) atoms. The first-order chi connectivity index (χ1) is 11.1. The Morgan fingerprint density at radius 2 is 2.04 bits per heavy atom. The molecule has 116 valence electrons. The number of aldehydes is 1. The summed E-state index contributed by atoms with van der Waals surface area (Å²) in [5.41, 5.74) is 1.70. The van der Waals surface area contributed by atoms with Gasteiger partial charge in [0.25, 0.3) is 0 Å². The van der Waals surface area contributed by atoms with Crippen molar-refractivity contribution in [2.24, 2.45) is 0 Å². The number of nitrogens with zero attached hydrogens (tertiary/aromatic N) is 1. The van der Waals surface area contributed by atoms with Crippen LogP contribution in [0, 0.1) is 5.82 Å². The van der Waals surface area contributed by atoms with Gasteiger partial charge >= 0.3 is 5.97 Å². The number of rotatable bonds is 4. The number of carbonyl (C=O) groups excluding carboxylic acids is 2. The van der Waals surface area contributed by atoms with Crippen LogP contribution >= 0.6 is 0 Å². The molecule has 3 aromatic rings. The summed E-state index contributed by atoms with van der Waals surface area (Å²) in [6, 6.07) is 11.2. The number of ether oxygens (including phenoxy) is 1. The van der Waals surface area contributed by atoms with E-state index in [4.69, 9.17) is 4.74 Å². The van der Waals surface area contributed by atoms with E-state index in [0.717, 1.165) is 23.3 Å². The lowest BCUT2D eigenvalue weighted by molar-refractivity contribution is 0.0525. The van der Waals surface area contributed by atoms with E-state index in [1.54, 1.807) is 35.9 Å². The summed E-state index contributed by atoms with van der Waals surface area (Å²) in [5.74, 6) is -1.09. The van der Waals surface area contributed by atoms with Crippen molar-refractivity contribution in [1.82, 2.24) is 4.57 Å². The molecule has 0 radical (unpaired) electrons. The molecule has 0 saturated heterocycles. The van der Waals surface area contributed by atoms with Crippen molar-refractivity contribution in [1.29, 1.82) is 0 Å². The molecule has 0 fully saturated rings. The van der Waals surface area contributed by atoms with E-state index in [-0.39, 0.29) is 12.2 Å². The van der Waals surface area contributed by atoms with Crippen molar-refractivity contribution in [3.05, 3.63) is 65.6 Å². The third-order valence-electron chi connectivity index (χ3n) is 3.57. The van der Waals surface area contributed by atoms with Crippen molar-refractivity contribution < 1.29 is 18.7 Å². The van der Waals surface area contributed by atoms with Gasteiger partial charge in [0.2, 0.25) is 0 Å². The standard InChI is InChI=1S/C18H14FNO3/c1-2-23-18(22)14-5-6-16(15(19)10-14)20-8-7-13-4-3-12(11-21)9-17(13)20/h3-11H,2H2,1H3. The second-order valence-electron chi connectivity index (χ2n) is 5.01. The molecular formula is C18H14FNO3. The van der Waals surface area contributed by atoms with Gasteiger partial charge in [-0.25, -0.2) is 9.18 Å². The van der Waals surface area contributed by atoms with Crippen molar-refractivity contribution in [3.63, 3.8) is 0 Å². The van der Waals surface area contributed by atoms with Crippen LogP contribution < -0.4 is 0 Å². The first-order valence-corrected chi connectivity index (χ1v) is 7.17. The molecule has 0 spiro atoms. The number of hydrogen-bond acceptors (Lipinski definition) is 3. The van der Waals surface area contributed by atoms with Gasteiger partial charge in [0, 0.05) is 11.8 Å². The highest BCUT2D eigenvalue weighted by Gasteiger charge is 2.13. The Labute approximate surface area is 132 Å². The predicted octanol–water partition coefficient (Wildman–Crippen LogP) is 3.76. The molecule has 0 saturated carbocycles. The van der Waals surface area contributed by atoms with Crippen LogP contribution in [0.4, 0.5) is 4.39 Å². The summed E-state index contributed by atoms with van der Waals surface area (Å²) in [6.45, 7) is 1.93. The maximum absolute atomic E-state index is 14.4. The highest BCUT2D eigenvalue weighted by molar-refractivity contribution is 5.90. The number of carbonyl (C=O) groups is 2. The summed E-state index contributed by atoms with van der Waals surface area (Å²) in [5, 5.41) is 0.893. The van der Waals surface area contributed by atoms with Crippen LogP contribution in [0.1, 0.15) is 27.6 Å². The Morgan fingerprint density at radius 1 is 1.22 bits per heavy atom. The Bertz CT molecular complexity index is 898. The fourth-order valence-corrected chi connectivity index (χ4v) is 2.47. The quantitative estimate of drug-likeness (QED) is 0.544. The second-order valence-corrected chi connectivity index (χ2v) is 5.01. The summed E-state index contributed by atoms with van der Waals surface area (Å²) in [7, 11) is 0. The number of fused-ring (bicyclic) bond motifs is 1. The number of aromatic nitrogens is 1. The van der Waals surface area contributed by atoms with E-state index in [0.29, 0.717) is 11.3 Å². The molecule has 0 aliphatic heterocycles. The minimum atomic E-state index is -0.557. The maximum atomic E-state index is 14.4. The molecule has 0 aliphatic rings. The third kappa shape index (κ3) is 2.73. The van der Waals surface area contributed by atoms with Gasteiger partial charge in [-0.1, -0.05) is 12.1 Å². The van der Waals surface area contributed by atoms with Gasteiger partial charge in [-0.15, -0.1) is 0 Å². The predicted molar refractivity (Wildman–Crippen MR) is 84.6 cm³/mol.